The van der Waals surface area contributed by atoms with E-state index in [0.29, 0.717) is 43.0 Å². The molecule has 4 nitrogen and oxygen atoms in total. The monoisotopic (exact) mass is 420 g/mol. The summed E-state index contributed by atoms with van der Waals surface area (Å²) in [6, 6.07) is 14.4. The Morgan fingerprint density at radius 2 is 1.73 bits per heavy atom. The molecule has 0 radical (unpaired) electrons. The Morgan fingerprint density at radius 3 is 2.35 bits per heavy atom. The van der Waals surface area contributed by atoms with Crippen LogP contribution in [0.1, 0.15) is 5.56 Å². The van der Waals surface area contributed by atoms with Crippen molar-refractivity contribution in [3.63, 3.8) is 0 Å². The first-order chi connectivity index (χ1) is 12.5. The highest BCUT2D eigenvalue weighted by molar-refractivity contribution is 7.98. The van der Waals surface area contributed by atoms with Gasteiger partial charge in [-0.1, -0.05) is 58.7 Å². The van der Waals surface area contributed by atoms with E-state index < -0.39 is 0 Å². The fraction of sp³-hybridized carbons (Fsp3) is 0.0556. The highest BCUT2D eigenvalue weighted by Gasteiger charge is 2.16. The molecule has 8 heteroatoms. The summed E-state index contributed by atoms with van der Waals surface area (Å²) in [7, 11) is 0. The molecule has 0 aliphatic rings. The van der Waals surface area contributed by atoms with Crippen LogP contribution in [0.15, 0.2) is 47.6 Å². The second-order valence-corrected chi connectivity index (χ2v) is 7.18. The van der Waals surface area contributed by atoms with Gasteiger partial charge in [0.05, 0.1) is 15.7 Å². The molecule has 0 unspecified atom stereocenters. The molecule has 26 heavy (non-hydrogen) atoms. The lowest BCUT2D eigenvalue weighted by Crippen LogP contribution is -2.03. The fourth-order valence-electron chi connectivity index (χ4n) is 2.26. The first-order valence-electron chi connectivity index (χ1n) is 7.36. The Bertz CT molecular complexity index is 1000. The van der Waals surface area contributed by atoms with Crippen LogP contribution in [0.4, 0.5) is 11.5 Å². The molecule has 1 N–H and O–H groups in total. The summed E-state index contributed by atoms with van der Waals surface area (Å²) in [5.74, 6) is 0.398. The van der Waals surface area contributed by atoms with E-state index >= 15 is 0 Å². The van der Waals surface area contributed by atoms with E-state index in [1.807, 2.05) is 18.4 Å². The van der Waals surface area contributed by atoms with E-state index in [1.165, 1.54) is 11.8 Å². The average molecular weight is 422 g/mol. The van der Waals surface area contributed by atoms with Gasteiger partial charge in [0, 0.05) is 16.3 Å². The molecule has 0 saturated heterocycles. The number of benzene rings is 2. The van der Waals surface area contributed by atoms with Crippen molar-refractivity contribution in [2.75, 3.05) is 11.6 Å². The highest BCUT2D eigenvalue weighted by Crippen LogP contribution is 2.32. The molecule has 1 aromatic heterocycles. The van der Waals surface area contributed by atoms with Crippen LogP contribution in [-0.2, 0) is 0 Å². The molecule has 0 aliphatic carbocycles. The smallest absolute Gasteiger partial charge is 0.189 e. The molecule has 0 spiro atoms. The minimum absolute atomic E-state index is 0.330. The summed E-state index contributed by atoms with van der Waals surface area (Å²) in [5.41, 5.74) is 2.31. The molecule has 130 valence electrons. The Labute approximate surface area is 170 Å². The van der Waals surface area contributed by atoms with Gasteiger partial charge in [0.25, 0.3) is 0 Å². The van der Waals surface area contributed by atoms with Gasteiger partial charge < -0.3 is 5.32 Å². The molecule has 0 amide bonds. The Kier molecular flexibility index (Phi) is 5.90. The van der Waals surface area contributed by atoms with Crippen molar-refractivity contribution < 1.29 is 0 Å². The number of aromatic nitrogens is 2. The number of thioether (sulfide) groups is 1. The van der Waals surface area contributed by atoms with Gasteiger partial charge in [0.1, 0.15) is 11.6 Å². The van der Waals surface area contributed by atoms with E-state index in [1.54, 1.807) is 30.3 Å². The molecule has 1 heterocycles. The summed E-state index contributed by atoms with van der Waals surface area (Å²) in [6.45, 7) is 0. The van der Waals surface area contributed by atoms with E-state index in [-0.39, 0.29) is 0 Å². The van der Waals surface area contributed by atoms with E-state index in [2.05, 4.69) is 21.4 Å². The van der Waals surface area contributed by atoms with Gasteiger partial charge in [-0.05, 0) is 36.6 Å². The molecular weight excluding hydrogens is 411 g/mol. The number of rotatable bonds is 4. The van der Waals surface area contributed by atoms with Crippen LogP contribution in [0.3, 0.4) is 0 Å². The summed E-state index contributed by atoms with van der Waals surface area (Å²) < 4.78 is 0. The van der Waals surface area contributed by atoms with Crippen molar-refractivity contribution in [1.29, 1.82) is 5.26 Å². The third-order valence-corrected chi connectivity index (χ3v) is 5.02. The lowest BCUT2D eigenvalue weighted by molar-refractivity contribution is 0.975. The molecule has 0 atom stereocenters. The third kappa shape index (κ3) is 4.05. The Hall–Kier alpha value is -1.97. The number of nitrogens with zero attached hydrogens (tertiary/aromatic N) is 3. The third-order valence-electron chi connectivity index (χ3n) is 3.48. The zero-order valence-electron chi connectivity index (χ0n) is 13.4. The van der Waals surface area contributed by atoms with Crippen molar-refractivity contribution in [3.8, 4) is 17.3 Å². The highest BCUT2D eigenvalue weighted by atomic mass is 35.5. The molecule has 2 aromatic carbocycles. The van der Waals surface area contributed by atoms with Gasteiger partial charge >= 0.3 is 0 Å². The molecular formula is C18H11Cl3N4S. The minimum atomic E-state index is 0.330. The largest absolute Gasteiger partial charge is 0.339 e. The van der Waals surface area contributed by atoms with Crippen LogP contribution in [0.2, 0.25) is 15.1 Å². The van der Waals surface area contributed by atoms with Crippen LogP contribution < -0.4 is 5.32 Å². The normalized spacial score (nSPS) is 10.4. The maximum absolute atomic E-state index is 9.71. The fourth-order valence-corrected chi connectivity index (χ4v) is 3.04. The van der Waals surface area contributed by atoms with E-state index in [0.717, 1.165) is 5.56 Å². The number of nitriles is 1. The van der Waals surface area contributed by atoms with Crippen molar-refractivity contribution in [2.24, 2.45) is 0 Å². The van der Waals surface area contributed by atoms with Crippen LogP contribution in [-0.4, -0.2) is 16.2 Å². The maximum Gasteiger partial charge on any atom is 0.189 e. The number of anilines is 2. The summed E-state index contributed by atoms with van der Waals surface area (Å²) in [4.78, 5) is 8.92. The van der Waals surface area contributed by atoms with Gasteiger partial charge in [-0.15, -0.1) is 0 Å². The standard InChI is InChI=1S/C18H11Cl3N4S/c1-26-18-24-16(10-2-4-11(19)5-3-10)13(9-22)17(25-18)23-12-6-7-14(20)15(21)8-12/h2-8H,1H3,(H,23,24,25). The second-order valence-electron chi connectivity index (χ2n) is 5.16. The zero-order chi connectivity index (χ0) is 18.7. The van der Waals surface area contributed by atoms with Crippen LogP contribution >= 0.6 is 46.6 Å². The van der Waals surface area contributed by atoms with Crippen molar-refractivity contribution in [3.05, 3.63) is 63.1 Å². The average Bonchev–Trinajstić information content (AvgIpc) is 2.64. The molecule has 3 rings (SSSR count). The van der Waals surface area contributed by atoms with E-state index in [4.69, 9.17) is 34.8 Å². The molecule has 0 saturated carbocycles. The van der Waals surface area contributed by atoms with E-state index in [9.17, 15) is 5.26 Å². The number of hydrogen-bond acceptors (Lipinski definition) is 5. The first-order valence-corrected chi connectivity index (χ1v) is 9.72. The lowest BCUT2D eigenvalue weighted by atomic mass is 10.1. The predicted molar refractivity (Wildman–Crippen MR) is 109 cm³/mol. The number of hydrogen-bond donors (Lipinski definition) is 1. The molecule has 0 bridgehead atoms. The summed E-state index contributed by atoms with van der Waals surface area (Å²) >= 11 is 19.4. The van der Waals surface area contributed by atoms with Crippen molar-refractivity contribution in [2.45, 2.75) is 5.16 Å². The molecule has 3 aromatic rings. The van der Waals surface area contributed by atoms with Gasteiger partial charge in [-0.3, -0.25) is 0 Å². The predicted octanol–water partition coefficient (Wildman–Crippen LogP) is 6.44. The lowest BCUT2D eigenvalue weighted by Gasteiger charge is -2.13. The van der Waals surface area contributed by atoms with Gasteiger partial charge in [-0.2, -0.15) is 5.26 Å². The van der Waals surface area contributed by atoms with Crippen LogP contribution in [0.25, 0.3) is 11.3 Å². The number of halogens is 3. The Morgan fingerprint density at radius 1 is 1.00 bits per heavy atom. The van der Waals surface area contributed by atoms with Crippen molar-refractivity contribution >= 4 is 58.1 Å². The maximum atomic E-state index is 9.71. The minimum Gasteiger partial charge on any atom is -0.339 e. The summed E-state index contributed by atoms with van der Waals surface area (Å²) in [5, 5.41) is 14.8. The molecule has 0 aliphatic heterocycles. The topological polar surface area (TPSA) is 61.6 Å². The van der Waals surface area contributed by atoms with Gasteiger partial charge in [-0.25, -0.2) is 9.97 Å². The van der Waals surface area contributed by atoms with Gasteiger partial charge in [0.2, 0.25) is 0 Å². The first kappa shape index (κ1) is 18.8. The second kappa shape index (κ2) is 8.15. The van der Waals surface area contributed by atoms with Crippen LogP contribution in [0, 0.1) is 11.3 Å². The quantitative estimate of drug-likeness (QED) is 0.388. The number of nitrogens with one attached hydrogen (secondary N) is 1. The SMILES string of the molecule is CSc1nc(Nc2ccc(Cl)c(Cl)c2)c(C#N)c(-c2ccc(Cl)cc2)n1. The van der Waals surface area contributed by atoms with Crippen molar-refractivity contribution in [1.82, 2.24) is 9.97 Å². The zero-order valence-corrected chi connectivity index (χ0v) is 16.5. The van der Waals surface area contributed by atoms with Crippen LogP contribution in [0.5, 0.6) is 0 Å². The van der Waals surface area contributed by atoms with Gasteiger partial charge in [0.15, 0.2) is 11.0 Å². The Balaban J connectivity index is 2.12. The molecule has 0 fully saturated rings. The summed E-state index contributed by atoms with van der Waals surface area (Å²) in [6.07, 6.45) is 1.87.